The van der Waals surface area contributed by atoms with Gasteiger partial charge < -0.3 is 4.57 Å². The first-order chi connectivity index (χ1) is 12.4. The Bertz CT molecular complexity index is 860. The zero-order chi connectivity index (χ0) is 18.7. The molecule has 1 aromatic heterocycles. The van der Waals surface area contributed by atoms with E-state index in [1.807, 2.05) is 18.2 Å². The predicted octanol–water partition coefficient (Wildman–Crippen LogP) is 3.64. The minimum Gasteiger partial charge on any atom is -0.324 e. The van der Waals surface area contributed by atoms with Gasteiger partial charge in [0.1, 0.15) is 5.15 Å². The maximum Gasteiger partial charge on any atom is 0.282 e. The minimum absolute atomic E-state index is 0.0919. The second kappa shape index (κ2) is 7.98. The monoisotopic (exact) mass is 396 g/mol. The Morgan fingerprint density at radius 1 is 1.27 bits per heavy atom. The SMILES string of the molecule is CN(Cc1ccccc1NS(=O)(=O)c1ncn(C)c1Cl)C1CCCCC1. The predicted molar refractivity (Wildman–Crippen MR) is 104 cm³/mol. The molecule has 3 rings (SSSR count). The van der Waals surface area contributed by atoms with E-state index in [-0.39, 0.29) is 10.2 Å². The van der Waals surface area contributed by atoms with Crippen LogP contribution in [0.3, 0.4) is 0 Å². The van der Waals surface area contributed by atoms with Crippen molar-refractivity contribution in [1.82, 2.24) is 14.5 Å². The molecule has 0 aliphatic heterocycles. The van der Waals surface area contributed by atoms with E-state index >= 15 is 0 Å². The van der Waals surface area contributed by atoms with Crippen LogP contribution in [0.5, 0.6) is 0 Å². The Balaban J connectivity index is 1.79. The summed E-state index contributed by atoms with van der Waals surface area (Å²) in [5.74, 6) is 0. The molecule has 0 amide bonds. The standard InChI is InChI=1S/C18H25ClN4O2S/c1-22(15-9-4-3-5-10-15)12-14-8-6-7-11-16(14)21-26(24,25)18-17(19)23(2)13-20-18/h6-8,11,13,15,21H,3-5,9-10,12H2,1-2H3. The molecule has 0 atom stereocenters. The Kier molecular flexibility index (Phi) is 5.89. The van der Waals surface area contributed by atoms with Crippen LogP contribution < -0.4 is 4.72 Å². The van der Waals surface area contributed by atoms with E-state index in [2.05, 4.69) is 21.7 Å². The van der Waals surface area contributed by atoms with Crippen molar-refractivity contribution in [3.05, 3.63) is 41.3 Å². The van der Waals surface area contributed by atoms with Gasteiger partial charge in [0.05, 0.1) is 12.0 Å². The Hall–Kier alpha value is -1.57. The number of aromatic nitrogens is 2. The van der Waals surface area contributed by atoms with E-state index in [9.17, 15) is 8.42 Å². The van der Waals surface area contributed by atoms with Gasteiger partial charge in [-0.2, -0.15) is 8.42 Å². The molecule has 1 heterocycles. The average molecular weight is 397 g/mol. The molecule has 1 saturated carbocycles. The number of anilines is 1. The normalized spacial score (nSPS) is 16.2. The molecule has 8 heteroatoms. The summed E-state index contributed by atoms with van der Waals surface area (Å²) in [5.41, 5.74) is 1.51. The van der Waals surface area contributed by atoms with Crippen LogP contribution in [0.15, 0.2) is 35.6 Å². The largest absolute Gasteiger partial charge is 0.324 e. The summed E-state index contributed by atoms with van der Waals surface area (Å²) in [7, 11) is -0.0765. The summed E-state index contributed by atoms with van der Waals surface area (Å²) in [6.45, 7) is 0.694. The van der Waals surface area contributed by atoms with Crippen molar-refractivity contribution >= 4 is 27.3 Å². The summed E-state index contributed by atoms with van der Waals surface area (Å²) in [6.07, 6.45) is 7.63. The van der Waals surface area contributed by atoms with E-state index in [0.29, 0.717) is 18.3 Å². The van der Waals surface area contributed by atoms with Gasteiger partial charge in [-0.15, -0.1) is 0 Å². The highest BCUT2D eigenvalue weighted by Gasteiger charge is 2.24. The van der Waals surface area contributed by atoms with E-state index in [4.69, 9.17) is 11.6 Å². The number of hydrogen-bond acceptors (Lipinski definition) is 4. The Labute approximate surface area is 160 Å². The van der Waals surface area contributed by atoms with Crippen molar-refractivity contribution < 1.29 is 8.42 Å². The molecule has 6 nitrogen and oxygen atoms in total. The molecule has 0 unspecified atom stereocenters. The van der Waals surface area contributed by atoms with Gasteiger partial charge in [-0.1, -0.05) is 49.1 Å². The lowest BCUT2D eigenvalue weighted by Crippen LogP contribution is -2.33. The van der Waals surface area contributed by atoms with E-state index < -0.39 is 10.0 Å². The molecule has 1 N–H and O–H groups in total. The fourth-order valence-corrected chi connectivity index (χ4v) is 4.98. The second-order valence-electron chi connectivity index (χ2n) is 6.92. The molecule has 0 saturated heterocycles. The lowest BCUT2D eigenvalue weighted by molar-refractivity contribution is 0.185. The van der Waals surface area contributed by atoms with E-state index in [1.54, 1.807) is 13.1 Å². The number of hydrogen-bond donors (Lipinski definition) is 1. The summed E-state index contributed by atoms with van der Waals surface area (Å²) in [6, 6.07) is 8.03. The van der Waals surface area contributed by atoms with Gasteiger partial charge in [-0.3, -0.25) is 9.62 Å². The lowest BCUT2D eigenvalue weighted by Gasteiger charge is -2.31. The van der Waals surface area contributed by atoms with Gasteiger partial charge in [0, 0.05) is 19.6 Å². The number of imidazole rings is 1. The highest BCUT2D eigenvalue weighted by molar-refractivity contribution is 7.92. The third-order valence-electron chi connectivity index (χ3n) is 4.97. The molecule has 2 aromatic rings. The average Bonchev–Trinajstić information content (AvgIpc) is 2.97. The zero-order valence-corrected chi connectivity index (χ0v) is 16.7. The summed E-state index contributed by atoms with van der Waals surface area (Å²) in [5, 5.41) is -0.0635. The van der Waals surface area contributed by atoms with Crippen molar-refractivity contribution in [2.24, 2.45) is 7.05 Å². The molecular weight excluding hydrogens is 372 g/mol. The number of aryl methyl sites for hydroxylation is 1. The van der Waals surface area contributed by atoms with E-state index in [1.165, 1.54) is 43.0 Å². The molecule has 0 bridgehead atoms. The summed E-state index contributed by atoms with van der Waals surface area (Å²) in [4.78, 5) is 6.24. The third-order valence-corrected chi connectivity index (χ3v) is 6.82. The topological polar surface area (TPSA) is 67.2 Å². The number of nitrogens with zero attached hydrogens (tertiary/aromatic N) is 3. The third kappa shape index (κ3) is 4.22. The highest BCUT2D eigenvalue weighted by Crippen LogP contribution is 2.27. The van der Waals surface area contributed by atoms with Gasteiger partial charge in [0.2, 0.25) is 5.03 Å². The molecule has 26 heavy (non-hydrogen) atoms. The number of nitrogens with one attached hydrogen (secondary N) is 1. The van der Waals surface area contributed by atoms with Gasteiger partial charge in [-0.05, 0) is 31.5 Å². The molecule has 0 spiro atoms. The van der Waals surface area contributed by atoms with Crippen LogP contribution in [0, 0.1) is 0 Å². The van der Waals surface area contributed by atoms with Gasteiger partial charge >= 0.3 is 0 Å². The molecule has 1 aromatic carbocycles. The van der Waals surface area contributed by atoms with Crippen LogP contribution in [0.1, 0.15) is 37.7 Å². The van der Waals surface area contributed by atoms with Crippen LogP contribution >= 0.6 is 11.6 Å². The number of rotatable bonds is 6. The fourth-order valence-electron chi connectivity index (χ4n) is 3.44. The van der Waals surface area contributed by atoms with Crippen molar-refractivity contribution in [3.63, 3.8) is 0 Å². The summed E-state index contributed by atoms with van der Waals surface area (Å²) < 4.78 is 29.5. The molecule has 1 fully saturated rings. The molecule has 0 radical (unpaired) electrons. The quantitative estimate of drug-likeness (QED) is 0.809. The first-order valence-electron chi connectivity index (χ1n) is 8.86. The molecule has 142 valence electrons. The molecule has 1 aliphatic carbocycles. The van der Waals surface area contributed by atoms with Crippen LogP contribution in [0.25, 0.3) is 0 Å². The van der Waals surface area contributed by atoms with Crippen LogP contribution in [0.4, 0.5) is 5.69 Å². The fraction of sp³-hybridized carbons (Fsp3) is 0.500. The maximum atomic E-state index is 12.7. The maximum absolute atomic E-state index is 12.7. The van der Waals surface area contributed by atoms with Crippen LogP contribution in [0.2, 0.25) is 5.15 Å². The minimum atomic E-state index is -3.84. The van der Waals surface area contributed by atoms with Crippen molar-refractivity contribution in [2.45, 2.75) is 49.7 Å². The van der Waals surface area contributed by atoms with E-state index in [0.717, 1.165) is 5.56 Å². The number of sulfonamides is 1. The van der Waals surface area contributed by atoms with Crippen molar-refractivity contribution in [3.8, 4) is 0 Å². The van der Waals surface area contributed by atoms with Crippen LogP contribution in [-0.4, -0.2) is 36.0 Å². The summed E-state index contributed by atoms with van der Waals surface area (Å²) >= 11 is 6.06. The first-order valence-corrected chi connectivity index (χ1v) is 10.7. The number of benzene rings is 1. The Morgan fingerprint density at radius 3 is 2.62 bits per heavy atom. The highest BCUT2D eigenvalue weighted by atomic mass is 35.5. The second-order valence-corrected chi connectivity index (χ2v) is 8.88. The van der Waals surface area contributed by atoms with Crippen molar-refractivity contribution in [1.29, 1.82) is 0 Å². The molecule has 1 aliphatic rings. The van der Waals surface area contributed by atoms with Crippen molar-refractivity contribution in [2.75, 3.05) is 11.8 Å². The van der Waals surface area contributed by atoms with Gasteiger partial charge in [-0.25, -0.2) is 4.98 Å². The smallest absolute Gasteiger partial charge is 0.282 e. The Morgan fingerprint density at radius 2 is 1.96 bits per heavy atom. The van der Waals surface area contributed by atoms with Gasteiger partial charge in [0.25, 0.3) is 10.0 Å². The first kappa shape index (κ1) is 19.2. The lowest BCUT2D eigenvalue weighted by atomic mass is 9.94. The number of para-hydroxylation sites is 1. The number of halogens is 1. The zero-order valence-electron chi connectivity index (χ0n) is 15.2. The van der Waals surface area contributed by atoms with Crippen LogP contribution in [-0.2, 0) is 23.6 Å². The van der Waals surface area contributed by atoms with Gasteiger partial charge in [0.15, 0.2) is 0 Å². The molecular formula is C18H25ClN4O2S.